The van der Waals surface area contributed by atoms with E-state index in [1.54, 1.807) is 0 Å². The van der Waals surface area contributed by atoms with Gasteiger partial charge in [-0.15, -0.1) is 0 Å². The van der Waals surface area contributed by atoms with Crippen molar-refractivity contribution in [2.75, 3.05) is 13.2 Å². The van der Waals surface area contributed by atoms with Crippen molar-refractivity contribution in [2.45, 2.75) is 18.9 Å². The molecule has 1 heterocycles. The topological polar surface area (TPSA) is 61.9 Å². The van der Waals surface area contributed by atoms with Crippen LogP contribution >= 0.6 is 0 Å². The van der Waals surface area contributed by atoms with E-state index < -0.39 is 6.09 Å². The Morgan fingerprint density at radius 3 is 3.00 bits per heavy atom. The van der Waals surface area contributed by atoms with Crippen molar-refractivity contribution in [3.05, 3.63) is 0 Å². The molecule has 1 atom stereocenters. The number of hydrogen-bond acceptors (Lipinski definition) is 2. The minimum absolute atomic E-state index is 0.413. The van der Waals surface area contributed by atoms with Crippen molar-refractivity contribution in [1.82, 2.24) is 5.32 Å². The third kappa shape index (κ3) is 3.29. The molecule has 2 N–H and O–H groups in total. The van der Waals surface area contributed by atoms with Gasteiger partial charge < -0.3 is 15.2 Å². The molecule has 10 heavy (non-hydrogen) atoms. The molecule has 0 aromatic carbocycles. The first-order valence-corrected chi connectivity index (χ1v) is 3.37. The summed E-state index contributed by atoms with van der Waals surface area (Å²) in [5, 5.41) is 10.4. The molecule has 1 saturated heterocycles. The van der Waals surface area contributed by atoms with Crippen LogP contribution in [0.25, 0.3) is 0 Å². The molecular formula is C6H11NO3. The standard InChI is InChI=1S/C6H11NO3/c8-6(9)7-3-1-2-5-4-10-5/h5,7H,1-4H2,(H,8,9). The molecule has 1 fully saturated rings. The molecule has 58 valence electrons. The first-order valence-electron chi connectivity index (χ1n) is 3.37. The van der Waals surface area contributed by atoms with Crippen LogP contribution in [0.2, 0.25) is 0 Å². The van der Waals surface area contributed by atoms with Crippen LogP contribution < -0.4 is 5.32 Å². The lowest BCUT2D eigenvalue weighted by Gasteiger charge is -1.96. The van der Waals surface area contributed by atoms with Gasteiger partial charge in [-0.25, -0.2) is 4.79 Å². The Labute approximate surface area is 59.2 Å². The number of nitrogens with one attached hydrogen (secondary N) is 1. The monoisotopic (exact) mass is 145 g/mol. The number of rotatable bonds is 4. The van der Waals surface area contributed by atoms with Gasteiger partial charge >= 0.3 is 6.09 Å². The van der Waals surface area contributed by atoms with Crippen LogP contribution in [-0.4, -0.2) is 30.5 Å². The maximum Gasteiger partial charge on any atom is 0.404 e. The number of ether oxygens (including phenoxy) is 1. The van der Waals surface area contributed by atoms with Crippen LogP contribution in [0.1, 0.15) is 12.8 Å². The number of hydrogen-bond donors (Lipinski definition) is 2. The SMILES string of the molecule is O=C(O)NCCCC1CO1. The second-order valence-corrected chi connectivity index (χ2v) is 2.33. The van der Waals surface area contributed by atoms with Gasteiger partial charge in [0.2, 0.25) is 0 Å². The van der Waals surface area contributed by atoms with Crippen molar-refractivity contribution in [3.63, 3.8) is 0 Å². The highest BCUT2D eigenvalue weighted by Crippen LogP contribution is 2.14. The Balaban J connectivity index is 1.80. The van der Waals surface area contributed by atoms with E-state index in [-0.39, 0.29) is 0 Å². The Kier molecular flexibility index (Phi) is 2.50. The quantitative estimate of drug-likeness (QED) is 0.445. The van der Waals surface area contributed by atoms with Crippen LogP contribution in [-0.2, 0) is 4.74 Å². The lowest BCUT2D eigenvalue weighted by atomic mass is 10.2. The van der Waals surface area contributed by atoms with Crippen LogP contribution in [0.5, 0.6) is 0 Å². The zero-order chi connectivity index (χ0) is 7.40. The third-order valence-corrected chi connectivity index (χ3v) is 1.38. The lowest BCUT2D eigenvalue weighted by molar-refractivity contribution is 0.194. The molecule has 1 rings (SSSR count). The van der Waals surface area contributed by atoms with Crippen molar-refractivity contribution >= 4 is 6.09 Å². The van der Waals surface area contributed by atoms with E-state index in [1.165, 1.54) is 0 Å². The summed E-state index contributed by atoms with van der Waals surface area (Å²) >= 11 is 0. The van der Waals surface area contributed by atoms with E-state index in [9.17, 15) is 4.79 Å². The van der Waals surface area contributed by atoms with E-state index in [2.05, 4.69) is 5.32 Å². The number of epoxide rings is 1. The first-order chi connectivity index (χ1) is 4.79. The number of carboxylic acid groups (broad SMARTS) is 1. The maximum atomic E-state index is 9.92. The molecule has 0 radical (unpaired) electrons. The van der Waals surface area contributed by atoms with E-state index >= 15 is 0 Å². The van der Waals surface area contributed by atoms with Gasteiger partial charge in [0.1, 0.15) is 0 Å². The summed E-state index contributed by atoms with van der Waals surface area (Å²) in [4.78, 5) is 9.92. The molecular weight excluding hydrogens is 134 g/mol. The largest absolute Gasteiger partial charge is 0.465 e. The van der Waals surface area contributed by atoms with Gasteiger partial charge in [-0.1, -0.05) is 0 Å². The Morgan fingerprint density at radius 1 is 1.80 bits per heavy atom. The van der Waals surface area contributed by atoms with E-state index in [0.29, 0.717) is 12.6 Å². The molecule has 0 spiro atoms. The van der Waals surface area contributed by atoms with E-state index in [1.807, 2.05) is 0 Å². The van der Waals surface area contributed by atoms with Gasteiger partial charge in [-0.05, 0) is 12.8 Å². The summed E-state index contributed by atoms with van der Waals surface area (Å²) in [6, 6.07) is 0. The molecule has 0 aliphatic carbocycles. The minimum atomic E-state index is -0.947. The maximum absolute atomic E-state index is 9.92. The Morgan fingerprint density at radius 2 is 2.50 bits per heavy atom. The number of carbonyl (C=O) groups is 1. The summed E-state index contributed by atoms with van der Waals surface area (Å²) in [6.07, 6.45) is 1.31. The van der Waals surface area contributed by atoms with Gasteiger partial charge in [-0.3, -0.25) is 0 Å². The van der Waals surface area contributed by atoms with Gasteiger partial charge in [-0.2, -0.15) is 0 Å². The molecule has 4 heteroatoms. The van der Waals surface area contributed by atoms with Crippen molar-refractivity contribution in [2.24, 2.45) is 0 Å². The summed E-state index contributed by atoms with van der Waals surface area (Å²) in [5.74, 6) is 0. The minimum Gasteiger partial charge on any atom is -0.465 e. The lowest BCUT2D eigenvalue weighted by Crippen LogP contribution is -2.21. The molecule has 1 amide bonds. The average molecular weight is 145 g/mol. The second kappa shape index (κ2) is 3.41. The molecule has 1 aliphatic heterocycles. The predicted octanol–water partition coefficient (Wildman–Crippen LogP) is 0.433. The normalized spacial score (nSPS) is 22.2. The Bertz CT molecular complexity index is 122. The Hall–Kier alpha value is -0.770. The summed E-state index contributed by atoms with van der Waals surface area (Å²) in [6.45, 7) is 1.39. The van der Waals surface area contributed by atoms with E-state index in [4.69, 9.17) is 9.84 Å². The van der Waals surface area contributed by atoms with Crippen LogP contribution in [0.4, 0.5) is 4.79 Å². The fraction of sp³-hybridized carbons (Fsp3) is 0.833. The molecule has 0 aromatic rings. The fourth-order valence-corrected chi connectivity index (χ4v) is 0.760. The van der Waals surface area contributed by atoms with Crippen molar-refractivity contribution in [3.8, 4) is 0 Å². The summed E-state index contributed by atoms with van der Waals surface area (Å²) in [5.41, 5.74) is 0. The molecule has 0 aromatic heterocycles. The van der Waals surface area contributed by atoms with Gasteiger partial charge in [0.15, 0.2) is 0 Å². The van der Waals surface area contributed by atoms with Gasteiger partial charge in [0.05, 0.1) is 12.7 Å². The highest BCUT2D eigenvalue weighted by molar-refractivity contribution is 5.64. The summed E-state index contributed by atoms with van der Waals surface area (Å²) < 4.78 is 4.94. The second-order valence-electron chi connectivity index (χ2n) is 2.33. The average Bonchev–Trinajstić information content (AvgIpc) is 2.62. The highest BCUT2D eigenvalue weighted by Gasteiger charge is 2.20. The third-order valence-electron chi connectivity index (χ3n) is 1.38. The zero-order valence-electron chi connectivity index (χ0n) is 5.67. The smallest absolute Gasteiger partial charge is 0.404 e. The van der Waals surface area contributed by atoms with Crippen LogP contribution in [0.3, 0.4) is 0 Å². The van der Waals surface area contributed by atoms with Crippen LogP contribution in [0.15, 0.2) is 0 Å². The van der Waals surface area contributed by atoms with Crippen LogP contribution in [0, 0.1) is 0 Å². The molecule has 1 aliphatic rings. The molecule has 0 saturated carbocycles. The highest BCUT2D eigenvalue weighted by atomic mass is 16.6. The van der Waals surface area contributed by atoms with Gasteiger partial charge in [0, 0.05) is 6.54 Å². The zero-order valence-corrected chi connectivity index (χ0v) is 5.67. The predicted molar refractivity (Wildman–Crippen MR) is 35.0 cm³/mol. The van der Waals surface area contributed by atoms with E-state index in [0.717, 1.165) is 19.4 Å². The van der Waals surface area contributed by atoms with Gasteiger partial charge in [0.25, 0.3) is 0 Å². The molecule has 0 bridgehead atoms. The molecule has 1 unspecified atom stereocenters. The van der Waals surface area contributed by atoms with Crippen molar-refractivity contribution < 1.29 is 14.6 Å². The fourth-order valence-electron chi connectivity index (χ4n) is 0.760. The first kappa shape index (κ1) is 7.34. The van der Waals surface area contributed by atoms with Crippen molar-refractivity contribution in [1.29, 1.82) is 0 Å². The summed E-state index contributed by atoms with van der Waals surface area (Å²) in [7, 11) is 0. The molecule has 4 nitrogen and oxygen atoms in total. The number of amides is 1.